The number of rotatable bonds is 22. The number of carbonyl (C=O) groups excluding carboxylic acids is 14. The van der Waals surface area contributed by atoms with Gasteiger partial charge in [0.05, 0.1) is 30.8 Å². The maximum Gasteiger partial charge on any atom is 0.305 e. The number of carboxylic acids is 1. The number of amides is 14. The molecule has 6 aromatic carbocycles. The molecule has 3 aliphatic rings. The number of phenolic OH excluding ortho intramolecular Hbond substituents is 2. The van der Waals surface area contributed by atoms with E-state index in [4.69, 9.17) is 5.73 Å². The van der Waals surface area contributed by atoms with E-state index >= 15 is 47.9 Å². The van der Waals surface area contributed by atoms with Crippen molar-refractivity contribution in [3.63, 3.8) is 0 Å². The Balaban J connectivity index is 1.04. The summed E-state index contributed by atoms with van der Waals surface area (Å²) in [5.41, 5.74) is 9.29. The highest BCUT2D eigenvalue weighted by Gasteiger charge is 2.46. The van der Waals surface area contributed by atoms with Gasteiger partial charge in [0.25, 0.3) is 0 Å². The second kappa shape index (κ2) is 47.9. The number of hydrogen-bond donors (Lipinski definition) is 15. The SMILES string of the molecule is CCCC[C@H]1C(=O)N2CCC[C@@H]2C(=O)N[C@@H](CC(=O)O)C(O)N[C@@H](C)C(=O)N(C)[C@@H](Cc2ccccc2)C(=O)N[C@@H](Cc2ccc(O)cc2)C(=O)N2CCC[C@@H]2C(=O)N[C@@H](Cc2c[nH]c3ccccc23)C(=O)N[C@@H](Cc2ccc(O)cc2)C(=O)N[C@@H](CC(C)C)C(=O)N[C@H](C(=O)NCC(N)=O)CSCC(=O)N[C@@H](Cc2ccccc2)C(=O)N(C)C(Cc2ccccc2)C(=O)N1C. The summed E-state index contributed by atoms with van der Waals surface area (Å²) in [6.45, 7) is 6.01. The average Bonchev–Trinajstić information content (AvgIpc) is 1.73. The van der Waals surface area contributed by atoms with Crippen LogP contribution in [0.5, 0.6) is 11.5 Å². The molecule has 7 aromatic rings. The molecule has 14 amide bonds. The van der Waals surface area contributed by atoms with Crippen LogP contribution >= 0.6 is 11.8 Å². The van der Waals surface area contributed by atoms with Crippen molar-refractivity contribution in [3.05, 3.63) is 203 Å². The molecule has 36 heteroatoms. The van der Waals surface area contributed by atoms with Crippen LogP contribution in [0.3, 0.4) is 0 Å². The van der Waals surface area contributed by atoms with Crippen LogP contribution in [0.1, 0.15) is 119 Å². The van der Waals surface area contributed by atoms with E-state index in [1.165, 1.54) is 96.2 Å². The second-order valence-corrected chi connectivity index (χ2v) is 35.1. The number of nitrogens with two attached hydrogens (primary N) is 1. The van der Waals surface area contributed by atoms with Crippen LogP contribution in [0.2, 0.25) is 0 Å². The Morgan fingerprint density at radius 3 is 1.53 bits per heavy atom. The Morgan fingerprint density at radius 2 is 0.969 bits per heavy atom. The summed E-state index contributed by atoms with van der Waals surface area (Å²) >= 11 is 0.843. The van der Waals surface area contributed by atoms with Gasteiger partial charge in [0.1, 0.15) is 84.2 Å². The van der Waals surface area contributed by atoms with Crippen LogP contribution in [0, 0.1) is 5.92 Å². The van der Waals surface area contributed by atoms with E-state index in [1.54, 1.807) is 135 Å². The van der Waals surface area contributed by atoms with Gasteiger partial charge < -0.3 is 98.2 Å². The Morgan fingerprint density at radius 1 is 0.504 bits per heavy atom. The summed E-state index contributed by atoms with van der Waals surface area (Å²) < 4.78 is 0. The van der Waals surface area contributed by atoms with Crippen molar-refractivity contribution in [3.8, 4) is 11.5 Å². The quantitative estimate of drug-likeness (QED) is 0.0463. The standard InChI is InChI=1S/C95H120N16O19S/c1-8-9-31-77-95(130)111-43-22-33-76(111)89(124)104-71(51-82(116)117)84(119)99-57(4)91(126)108(6)78(48-59-25-15-11-16-26-59)90(125)105-73(47-62-36-40-65(113)41-37-62)93(128)110-42-21-32-75(110)88(123)103-70(50-63-52-97-67-30-20-19-29-66(63)67)87(122)102-69(45-61-34-38-64(112)39-35-61)86(121)101-68(44-56(2)3)85(120)106-74(83(118)98-53-80(96)114)54-131-55-81(115)100-72(46-58-23-13-10-14-24-58)92(127)109(7)79(94(129)107(77)5)49-60-27-17-12-18-28-60/h10-20,23-30,34-41,52,56-57,68-79,84,97,99,112-113,119H,8-9,21-22,31-33,42-51,53-55H2,1-7H3,(H2,96,114)(H,98,118)(H,100,115)(H,101,121)(H,102,122)(H,103,123)(H,104,124)(H,105,125)(H,106,120)(H,116,117)/t57-,68-,69-,70-,71-,72-,73-,74-,75+,76+,77-,78-,79?,84?/m0/s1. The smallest absolute Gasteiger partial charge is 0.305 e. The Kier molecular flexibility index (Phi) is 36.5. The number of aliphatic hydroxyl groups is 1. The fraction of sp³-hybridized carbons (Fsp3) is 0.442. The molecule has 0 aliphatic carbocycles. The third-order valence-corrected chi connectivity index (χ3v) is 24.9. The molecule has 0 spiro atoms. The van der Waals surface area contributed by atoms with E-state index < -0.39 is 192 Å². The summed E-state index contributed by atoms with van der Waals surface area (Å²) in [6.07, 6.45) is -0.886. The number of unbranched alkanes of at least 4 members (excludes halogenated alkanes) is 1. The molecule has 0 saturated carbocycles. The van der Waals surface area contributed by atoms with Gasteiger partial charge in [0, 0.05) is 95.6 Å². The number of carboxylic acid groups (broad SMARTS) is 1. The molecule has 14 atom stereocenters. The molecule has 3 fully saturated rings. The van der Waals surface area contributed by atoms with Crippen molar-refractivity contribution >= 4 is 111 Å². The predicted molar refractivity (Wildman–Crippen MR) is 488 cm³/mol. The largest absolute Gasteiger partial charge is 0.508 e. The molecule has 0 bridgehead atoms. The minimum Gasteiger partial charge on any atom is -0.508 e. The molecule has 35 nitrogen and oxygen atoms in total. The van der Waals surface area contributed by atoms with Crippen molar-refractivity contribution in [2.24, 2.45) is 11.7 Å². The normalized spacial score (nSPS) is 24.3. The summed E-state index contributed by atoms with van der Waals surface area (Å²) in [4.78, 5) is 232. The monoisotopic (exact) mass is 1820 g/mol. The third kappa shape index (κ3) is 28.2. The third-order valence-electron chi connectivity index (χ3n) is 23.8. The van der Waals surface area contributed by atoms with Crippen molar-refractivity contribution in [2.45, 2.75) is 209 Å². The molecule has 131 heavy (non-hydrogen) atoms. The number of aliphatic carboxylic acids is 1. The number of aromatic hydroxyl groups is 2. The van der Waals surface area contributed by atoms with Gasteiger partial charge in [-0.1, -0.05) is 167 Å². The molecule has 16 N–H and O–H groups in total. The number of aliphatic hydroxyl groups excluding tert-OH is 1. The van der Waals surface area contributed by atoms with E-state index in [2.05, 4.69) is 52.8 Å². The van der Waals surface area contributed by atoms with Gasteiger partial charge in [-0.3, -0.25) is 77.2 Å². The number of thioether (sulfide) groups is 1. The van der Waals surface area contributed by atoms with Crippen molar-refractivity contribution in [1.82, 2.24) is 77.3 Å². The number of carbonyl (C=O) groups is 15. The molecule has 10 rings (SSSR count). The highest BCUT2D eigenvalue weighted by atomic mass is 32.2. The zero-order chi connectivity index (χ0) is 94.7. The van der Waals surface area contributed by atoms with Gasteiger partial charge in [-0.25, -0.2) is 0 Å². The molecule has 4 heterocycles. The first-order chi connectivity index (χ1) is 62.6. The van der Waals surface area contributed by atoms with Crippen LogP contribution in [0.15, 0.2) is 170 Å². The number of likely N-dealkylation sites (N-methyl/N-ethyl adjacent to an activating group) is 3. The number of fused-ring (bicyclic) bond motifs is 3. The maximum absolute atomic E-state index is 15.7. The molecular weight excluding hydrogens is 1700 g/mol. The van der Waals surface area contributed by atoms with Crippen LogP contribution in [-0.4, -0.2) is 276 Å². The van der Waals surface area contributed by atoms with E-state index in [9.17, 15) is 44.4 Å². The topological polar surface area (TPSA) is 503 Å². The highest BCUT2D eigenvalue weighted by molar-refractivity contribution is 8.00. The Hall–Kier alpha value is -13.2. The highest BCUT2D eigenvalue weighted by Crippen LogP contribution is 2.28. The summed E-state index contributed by atoms with van der Waals surface area (Å²) in [5, 5.41) is 68.6. The number of nitrogens with zero attached hydrogens (tertiary/aromatic N) is 5. The average molecular weight is 1820 g/mol. The van der Waals surface area contributed by atoms with Gasteiger partial charge in [0.15, 0.2) is 0 Å². The molecule has 2 unspecified atom stereocenters. The maximum atomic E-state index is 15.7. The fourth-order valence-electron chi connectivity index (χ4n) is 16.7. The van der Waals surface area contributed by atoms with Crippen molar-refractivity contribution in [1.29, 1.82) is 0 Å². The predicted octanol–water partition coefficient (Wildman–Crippen LogP) is 2.55. The lowest BCUT2D eigenvalue weighted by atomic mass is 9.99. The van der Waals surface area contributed by atoms with Crippen molar-refractivity contribution in [2.75, 3.05) is 52.3 Å². The number of benzene rings is 6. The number of nitrogens with one attached hydrogen (secondary N) is 10. The van der Waals surface area contributed by atoms with Gasteiger partial charge in [0.2, 0.25) is 82.7 Å². The molecular formula is C95H120N16O19S. The van der Waals surface area contributed by atoms with E-state index in [1.807, 2.05) is 6.92 Å². The van der Waals surface area contributed by atoms with E-state index in [-0.39, 0.29) is 113 Å². The zero-order valence-electron chi connectivity index (χ0n) is 74.6. The fourth-order valence-corrected chi connectivity index (χ4v) is 17.6. The Bertz CT molecular complexity index is 5150. The van der Waals surface area contributed by atoms with Crippen LogP contribution in [0.25, 0.3) is 10.9 Å². The van der Waals surface area contributed by atoms with E-state index in [0.29, 0.717) is 57.1 Å². The summed E-state index contributed by atoms with van der Waals surface area (Å²) in [5.74, 6) is -14.6. The van der Waals surface area contributed by atoms with Crippen LogP contribution in [-0.2, 0) is 110 Å². The zero-order valence-corrected chi connectivity index (χ0v) is 75.4. The summed E-state index contributed by atoms with van der Waals surface area (Å²) in [6, 6.07) is 25.7. The molecule has 1 aromatic heterocycles. The van der Waals surface area contributed by atoms with Gasteiger partial charge >= 0.3 is 5.97 Å². The lowest BCUT2D eigenvalue weighted by molar-refractivity contribution is -0.152. The van der Waals surface area contributed by atoms with Gasteiger partial charge in [-0.15, -0.1) is 11.8 Å². The number of para-hydroxylation sites is 1. The van der Waals surface area contributed by atoms with Crippen LogP contribution in [0.4, 0.5) is 0 Å². The number of H-pyrrole nitrogens is 1. The first-order valence-corrected chi connectivity index (χ1v) is 45.4. The van der Waals surface area contributed by atoms with Gasteiger partial charge in [-0.2, -0.15) is 0 Å². The van der Waals surface area contributed by atoms with Gasteiger partial charge in [-0.05, 0) is 115 Å². The first-order valence-electron chi connectivity index (χ1n) is 44.2. The number of aromatic amines is 1. The lowest BCUT2D eigenvalue weighted by Gasteiger charge is -2.38. The van der Waals surface area contributed by atoms with Crippen molar-refractivity contribution < 1.29 is 92.3 Å². The van der Waals surface area contributed by atoms with E-state index in [0.717, 1.165) is 16.7 Å². The summed E-state index contributed by atoms with van der Waals surface area (Å²) in [7, 11) is 4.13. The molecule has 3 saturated heterocycles. The lowest BCUT2D eigenvalue weighted by Crippen LogP contribution is -2.62. The minimum atomic E-state index is -2.01. The second-order valence-electron chi connectivity index (χ2n) is 34.1. The molecule has 700 valence electrons. The number of phenols is 2. The number of primary amides is 1. The Labute approximate surface area is 764 Å². The number of aromatic nitrogens is 1. The van der Waals surface area contributed by atoms with Crippen LogP contribution < -0.4 is 53.6 Å². The minimum absolute atomic E-state index is 0.00458. The number of hydrogen-bond acceptors (Lipinski definition) is 20. The molecule has 3 aliphatic heterocycles. The molecule has 0 radical (unpaired) electrons. The first kappa shape index (κ1) is 99.9.